The Morgan fingerprint density at radius 3 is 2.68 bits per heavy atom. The number of fused-ring (bicyclic) bond motifs is 1. The van der Waals surface area contributed by atoms with Gasteiger partial charge in [-0.25, -0.2) is 4.98 Å². The molecule has 3 nitrogen and oxygen atoms in total. The van der Waals surface area contributed by atoms with Gasteiger partial charge in [-0.2, -0.15) is 0 Å². The molecule has 1 aromatic heterocycles. The Balaban J connectivity index is 2.11. The molecule has 1 aromatic carbocycles. The first-order chi connectivity index (χ1) is 9.18. The van der Waals surface area contributed by atoms with Crippen LogP contribution in [0.4, 0.5) is 0 Å². The molecule has 0 aliphatic carbocycles. The Morgan fingerprint density at radius 1 is 1.26 bits per heavy atom. The minimum absolute atomic E-state index is 0.527. The van der Waals surface area contributed by atoms with Crippen LogP contribution in [-0.4, -0.2) is 22.6 Å². The van der Waals surface area contributed by atoms with Gasteiger partial charge in [0.1, 0.15) is 5.82 Å². The van der Waals surface area contributed by atoms with Gasteiger partial charge in [0, 0.05) is 13.0 Å². The normalized spacial score (nSPS) is 17.5. The summed E-state index contributed by atoms with van der Waals surface area (Å²) in [5.41, 5.74) is 3.85. The molecule has 3 rings (SSSR count). The van der Waals surface area contributed by atoms with Gasteiger partial charge in [-0.15, -0.1) is 0 Å². The SMILES string of the molecule is CC(C)c1cccc2c1nc(C1CCNCC1)n2C. The number of aryl methyl sites for hydroxylation is 1. The molecule has 1 saturated heterocycles. The van der Waals surface area contributed by atoms with Crippen molar-refractivity contribution in [2.24, 2.45) is 7.05 Å². The number of nitrogens with zero attached hydrogens (tertiary/aromatic N) is 2. The second-order valence-corrected chi connectivity index (χ2v) is 5.92. The molecule has 1 aliphatic rings. The van der Waals surface area contributed by atoms with Crippen molar-refractivity contribution >= 4 is 11.0 Å². The van der Waals surface area contributed by atoms with E-state index in [2.05, 4.69) is 49.0 Å². The first-order valence-corrected chi connectivity index (χ1v) is 7.34. The van der Waals surface area contributed by atoms with Crippen molar-refractivity contribution in [3.8, 4) is 0 Å². The fourth-order valence-corrected chi connectivity index (χ4v) is 3.17. The van der Waals surface area contributed by atoms with Crippen molar-refractivity contribution in [2.75, 3.05) is 13.1 Å². The number of aromatic nitrogens is 2. The highest BCUT2D eigenvalue weighted by Gasteiger charge is 2.22. The number of hydrogen-bond acceptors (Lipinski definition) is 2. The number of imidazole rings is 1. The van der Waals surface area contributed by atoms with Crippen LogP contribution in [0.5, 0.6) is 0 Å². The quantitative estimate of drug-likeness (QED) is 0.895. The largest absolute Gasteiger partial charge is 0.331 e. The van der Waals surface area contributed by atoms with Crippen LogP contribution in [-0.2, 0) is 7.05 Å². The van der Waals surface area contributed by atoms with Crippen molar-refractivity contribution in [2.45, 2.75) is 38.5 Å². The van der Waals surface area contributed by atoms with E-state index in [0.29, 0.717) is 11.8 Å². The standard InChI is InChI=1S/C16H23N3/c1-11(2)13-5-4-6-14-15(13)18-16(19(14)3)12-7-9-17-10-8-12/h4-6,11-12,17H,7-10H2,1-3H3. The summed E-state index contributed by atoms with van der Waals surface area (Å²) in [6.07, 6.45) is 2.41. The second kappa shape index (κ2) is 4.97. The van der Waals surface area contributed by atoms with Crippen LogP contribution in [0.1, 0.15) is 49.9 Å². The van der Waals surface area contributed by atoms with E-state index in [-0.39, 0.29) is 0 Å². The van der Waals surface area contributed by atoms with Gasteiger partial charge in [-0.1, -0.05) is 26.0 Å². The number of piperidine rings is 1. The average molecular weight is 257 g/mol. The zero-order valence-corrected chi connectivity index (χ0v) is 12.1. The van der Waals surface area contributed by atoms with E-state index < -0.39 is 0 Å². The molecule has 0 spiro atoms. The van der Waals surface area contributed by atoms with Crippen molar-refractivity contribution in [3.63, 3.8) is 0 Å². The van der Waals surface area contributed by atoms with E-state index in [1.807, 2.05) is 0 Å². The molecule has 0 bridgehead atoms. The molecule has 2 aromatic rings. The Labute approximate surface area is 115 Å². The predicted molar refractivity (Wildman–Crippen MR) is 79.6 cm³/mol. The van der Waals surface area contributed by atoms with Crippen molar-refractivity contribution in [3.05, 3.63) is 29.6 Å². The van der Waals surface area contributed by atoms with Crippen molar-refractivity contribution in [1.82, 2.24) is 14.9 Å². The second-order valence-electron chi connectivity index (χ2n) is 5.92. The molecule has 0 saturated carbocycles. The molecule has 0 unspecified atom stereocenters. The molecule has 19 heavy (non-hydrogen) atoms. The summed E-state index contributed by atoms with van der Waals surface area (Å²) in [5.74, 6) is 2.41. The van der Waals surface area contributed by atoms with E-state index >= 15 is 0 Å². The third-order valence-electron chi connectivity index (χ3n) is 4.30. The fourth-order valence-electron chi connectivity index (χ4n) is 3.17. The third-order valence-corrected chi connectivity index (χ3v) is 4.30. The predicted octanol–water partition coefficient (Wildman–Crippen LogP) is 3.16. The van der Waals surface area contributed by atoms with Gasteiger partial charge >= 0.3 is 0 Å². The minimum atomic E-state index is 0.527. The number of hydrogen-bond donors (Lipinski definition) is 1. The van der Waals surface area contributed by atoms with Crippen LogP contribution in [0.15, 0.2) is 18.2 Å². The monoisotopic (exact) mass is 257 g/mol. The highest BCUT2D eigenvalue weighted by atomic mass is 15.1. The maximum atomic E-state index is 4.99. The summed E-state index contributed by atoms with van der Waals surface area (Å²) in [6, 6.07) is 6.57. The Hall–Kier alpha value is -1.35. The van der Waals surface area contributed by atoms with E-state index in [4.69, 9.17) is 4.98 Å². The van der Waals surface area contributed by atoms with Gasteiger partial charge in [0.2, 0.25) is 0 Å². The van der Waals surface area contributed by atoms with E-state index in [1.54, 1.807) is 0 Å². The van der Waals surface area contributed by atoms with Crippen LogP contribution in [0.3, 0.4) is 0 Å². The fraction of sp³-hybridized carbons (Fsp3) is 0.562. The summed E-state index contributed by atoms with van der Waals surface area (Å²) in [6.45, 7) is 6.72. The zero-order valence-electron chi connectivity index (χ0n) is 12.1. The van der Waals surface area contributed by atoms with Crippen molar-refractivity contribution < 1.29 is 0 Å². The van der Waals surface area contributed by atoms with Gasteiger partial charge in [-0.05, 0) is 43.5 Å². The lowest BCUT2D eigenvalue weighted by Crippen LogP contribution is -2.27. The molecule has 0 atom stereocenters. The molecule has 0 amide bonds. The Bertz CT molecular complexity index is 577. The lowest BCUT2D eigenvalue weighted by Gasteiger charge is -2.22. The van der Waals surface area contributed by atoms with Gasteiger partial charge in [-0.3, -0.25) is 0 Å². The number of nitrogens with one attached hydrogen (secondary N) is 1. The Morgan fingerprint density at radius 2 is 2.00 bits per heavy atom. The van der Waals surface area contributed by atoms with Gasteiger partial charge < -0.3 is 9.88 Å². The van der Waals surface area contributed by atoms with Crippen LogP contribution in [0.25, 0.3) is 11.0 Å². The number of para-hydroxylation sites is 1. The van der Waals surface area contributed by atoms with E-state index in [9.17, 15) is 0 Å². The first kappa shape index (κ1) is 12.7. The molecule has 0 radical (unpaired) electrons. The average Bonchev–Trinajstić information content (AvgIpc) is 2.77. The smallest absolute Gasteiger partial charge is 0.112 e. The van der Waals surface area contributed by atoms with E-state index in [1.165, 1.54) is 35.3 Å². The third kappa shape index (κ3) is 2.16. The molecule has 1 fully saturated rings. The summed E-state index contributed by atoms with van der Waals surface area (Å²) >= 11 is 0. The lowest BCUT2D eigenvalue weighted by atomic mass is 9.97. The van der Waals surface area contributed by atoms with Crippen molar-refractivity contribution in [1.29, 1.82) is 0 Å². The molecular formula is C16H23N3. The molecule has 1 aliphatic heterocycles. The topological polar surface area (TPSA) is 29.9 Å². The highest BCUT2D eigenvalue weighted by molar-refractivity contribution is 5.80. The molecule has 102 valence electrons. The minimum Gasteiger partial charge on any atom is -0.331 e. The van der Waals surface area contributed by atoms with Crippen LogP contribution >= 0.6 is 0 Å². The number of rotatable bonds is 2. The summed E-state index contributed by atoms with van der Waals surface area (Å²) in [5, 5.41) is 3.43. The van der Waals surface area contributed by atoms with Crippen LogP contribution < -0.4 is 5.32 Å². The maximum Gasteiger partial charge on any atom is 0.112 e. The van der Waals surface area contributed by atoms with Crippen LogP contribution in [0.2, 0.25) is 0 Å². The highest BCUT2D eigenvalue weighted by Crippen LogP contribution is 2.30. The molecule has 2 heterocycles. The number of benzene rings is 1. The first-order valence-electron chi connectivity index (χ1n) is 7.34. The summed E-state index contributed by atoms with van der Waals surface area (Å²) in [7, 11) is 2.16. The van der Waals surface area contributed by atoms with Gasteiger partial charge in [0.25, 0.3) is 0 Å². The molecule has 3 heteroatoms. The van der Waals surface area contributed by atoms with E-state index in [0.717, 1.165) is 13.1 Å². The molecule has 1 N–H and O–H groups in total. The maximum absolute atomic E-state index is 4.99. The summed E-state index contributed by atoms with van der Waals surface area (Å²) in [4.78, 5) is 4.99. The summed E-state index contributed by atoms with van der Waals surface area (Å²) < 4.78 is 2.30. The van der Waals surface area contributed by atoms with Gasteiger partial charge in [0.05, 0.1) is 11.0 Å². The molecular weight excluding hydrogens is 234 g/mol. The Kier molecular flexibility index (Phi) is 3.31. The van der Waals surface area contributed by atoms with Crippen LogP contribution in [0, 0.1) is 0 Å². The zero-order chi connectivity index (χ0) is 13.4. The lowest BCUT2D eigenvalue weighted by molar-refractivity contribution is 0.438. The van der Waals surface area contributed by atoms with Gasteiger partial charge in [0.15, 0.2) is 0 Å².